The van der Waals surface area contributed by atoms with Crippen LogP contribution in [0, 0.1) is 12.3 Å². The van der Waals surface area contributed by atoms with E-state index in [1.165, 1.54) is 0 Å². The standard InChI is InChI=1S/C13H18BrNO3S/c1-10-2-3-12(11(14)8-10)19(17,18)15-9-13(4-5-13)6-7-16/h2-3,8,15-16H,4-7,9H2,1H3. The fourth-order valence-corrected chi connectivity index (χ4v) is 4.43. The Balaban J connectivity index is 2.10. The van der Waals surface area contributed by atoms with Crippen molar-refractivity contribution in [2.75, 3.05) is 13.2 Å². The lowest BCUT2D eigenvalue weighted by molar-refractivity contribution is 0.249. The molecule has 0 bridgehead atoms. The van der Waals surface area contributed by atoms with E-state index in [-0.39, 0.29) is 16.9 Å². The van der Waals surface area contributed by atoms with Crippen molar-refractivity contribution in [2.45, 2.75) is 31.1 Å². The largest absolute Gasteiger partial charge is 0.396 e. The van der Waals surface area contributed by atoms with Crippen LogP contribution in [-0.4, -0.2) is 26.7 Å². The zero-order valence-corrected chi connectivity index (χ0v) is 13.2. The summed E-state index contributed by atoms with van der Waals surface area (Å²) >= 11 is 3.29. The minimum atomic E-state index is -3.50. The van der Waals surface area contributed by atoms with Gasteiger partial charge in [0.25, 0.3) is 0 Å². The average Bonchev–Trinajstić information content (AvgIpc) is 3.07. The highest BCUT2D eigenvalue weighted by atomic mass is 79.9. The van der Waals surface area contributed by atoms with Crippen molar-refractivity contribution in [3.8, 4) is 0 Å². The van der Waals surface area contributed by atoms with Gasteiger partial charge in [-0.15, -0.1) is 0 Å². The highest BCUT2D eigenvalue weighted by Gasteiger charge is 2.42. The molecule has 0 aliphatic heterocycles. The first kappa shape index (κ1) is 15.0. The molecule has 0 heterocycles. The molecule has 2 N–H and O–H groups in total. The summed E-state index contributed by atoms with van der Waals surface area (Å²) in [5.74, 6) is 0. The molecular formula is C13H18BrNO3S. The maximum Gasteiger partial charge on any atom is 0.241 e. The summed E-state index contributed by atoms with van der Waals surface area (Å²) in [6, 6.07) is 5.17. The summed E-state index contributed by atoms with van der Waals surface area (Å²) in [5.41, 5.74) is 0.976. The van der Waals surface area contributed by atoms with Crippen LogP contribution in [0.15, 0.2) is 27.6 Å². The molecule has 1 aromatic carbocycles. The molecule has 1 aromatic rings. The minimum Gasteiger partial charge on any atom is -0.396 e. The van der Waals surface area contributed by atoms with Crippen LogP contribution >= 0.6 is 15.9 Å². The predicted molar refractivity (Wildman–Crippen MR) is 77.4 cm³/mol. The third-order valence-electron chi connectivity index (χ3n) is 3.61. The first-order chi connectivity index (χ1) is 8.88. The molecule has 2 rings (SSSR count). The lowest BCUT2D eigenvalue weighted by Gasteiger charge is -2.15. The van der Waals surface area contributed by atoms with Gasteiger partial charge in [0.05, 0.1) is 4.90 Å². The molecule has 1 fully saturated rings. The third-order valence-corrected chi connectivity index (χ3v) is 5.99. The van der Waals surface area contributed by atoms with Crippen LogP contribution in [0.5, 0.6) is 0 Å². The Hall–Kier alpha value is -0.430. The second kappa shape index (κ2) is 5.52. The maximum atomic E-state index is 12.2. The van der Waals surface area contributed by atoms with Crippen molar-refractivity contribution in [2.24, 2.45) is 5.41 Å². The van der Waals surface area contributed by atoms with E-state index in [2.05, 4.69) is 20.7 Å². The molecule has 0 unspecified atom stereocenters. The van der Waals surface area contributed by atoms with Gasteiger partial charge in [0.15, 0.2) is 0 Å². The quantitative estimate of drug-likeness (QED) is 0.828. The van der Waals surface area contributed by atoms with Crippen LogP contribution in [0.2, 0.25) is 0 Å². The lowest BCUT2D eigenvalue weighted by atomic mass is 10.0. The van der Waals surface area contributed by atoms with Crippen LogP contribution in [0.25, 0.3) is 0 Å². The molecule has 0 saturated heterocycles. The number of benzene rings is 1. The Morgan fingerprint density at radius 2 is 2.11 bits per heavy atom. The molecule has 6 heteroatoms. The molecule has 0 atom stereocenters. The Morgan fingerprint density at radius 1 is 1.42 bits per heavy atom. The lowest BCUT2D eigenvalue weighted by Crippen LogP contribution is -2.31. The van der Waals surface area contributed by atoms with Crippen molar-refractivity contribution in [3.05, 3.63) is 28.2 Å². The molecular weight excluding hydrogens is 330 g/mol. The number of halogens is 1. The SMILES string of the molecule is Cc1ccc(S(=O)(=O)NCC2(CCO)CC2)c(Br)c1. The zero-order valence-electron chi connectivity index (χ0n) is 10.8. The highest BCUT2D eigenvalue weighted by Crippen LogP contribution is 2.48. The maximum absolute atomic E-state index is 12.2. The van der Waals surface area contributed by atoms with Crippen molar-refractivity contribution in [3.63, 3.8) is 0 Å². The van der Waals surface area contributed by atoms with E-state index in [1.54, 1.807) is 18.2 Å². The summed E-state index contributed by atoms with van der Waals surface area (Å²) in [5, 5.41) is 8.98. The van der Waals surface area contributed by atoms with Gasteiger partial charge in [-0.25, -0.2) is 13.1 Å². The first-order valence-electron chi connectivity index (χ1n) is 6.25. The van der Waals surface area contributed by atoms with Gasteiger partial charge < -0.3 is 5.11 Å². The van der Waals surface area contributed by atoms with Crippen molar-refractivity contribution < 1.29 is 13.5 Å². The second-order valence-corrected chi connectivity index (χ2v) is 7.82. The molecule has 1 aliphatic rings. The van der Waals surface area contributed by atoms with Gasteiger partial charge >= 0.3 is 0 Å². The van der Waals surface area contributed by atoms with E-state index in [0.29, 0.717) is 17.4 Å². The third kappa shape index (κ3) is 3.56. The van der Waals surface area contributed by atoms with Crippen LogP contribution in [0.1, 0.15) is 24.8 Å². The summed E-state index contributed by atoms with van der Waals surface area (Å²) < 4.78 is 27.7. The normalized spacial score (nSPS) is 17.4. The van der Waals surface area contributed by atoms with Crippen molar-refractivity contribution in [1.29, 1.82) is 0 Å². The number of rotatable bonds is 6. The number of aryl methyl sites for hydroxylation is 1. The second-order valence-electron chi connectivity index (χ2n) is 5.23. The molecule has 106 valence electrons. The summed E-state index contributed by atoms with van der Waals surface area (Å²) in [4.78, 5) is 0.262. The number of aliphatic hydroxyl groups excluding tert-OH is 1. The Labute approximate surface area is 122 Å². The monoisotopic (exact) mass is 347 g/mol. The Bertz CT molecular complexity index is 567. The van der Waals surface area contributed by atoms with Crippen molar-refractivity contribution in [1.82, 2.24) is 4.72 Å². The first-order valence-corrected chi connectivity index (χ1v) is 8.53. The van der Waals surface area contributed by atoms with Gasteiger partial charge in [0.2, 0.25) is 10.0 Å². The Kier molecular flexibility index (Phi) is 4.35. The number of nitrogens with one attached hydrogen (secondary N) is 1. The molecule has 1 saturated carbocycles. The van der Waals surface area contributed by atoms with E-state index in [9.17, 15) is 8.42 Å². The fourth-order valence-electron chi connectivity index (χ4n) is 2.08. The smallest absolute Gasteiger partial charge is 0.241 e. The number of aliphatic hydroxyl groups is 1. The van der Waals surface area contributed by atoms with E-state index >= 15 is 0 Å². The summed E-state index contributed by atoms with van der Waals surface area (Å²) in [6.45, 7) is 2.42. The van der Waals surface area contributed by atoms with Gasteiger partial charge in [0.1, 0.15) is 0 Å². The van der Waals surface area contributed by atoms with Crippen molar-refractivity contribution >= 4 is 26.0 Å². The van der Waals surface area contributed by atoms with Gasteiger partial charge in [-0.05, 0) is 65.2 Å². The van der Waals surface area contributed by atoms with Crippen LogP contribution < -0.4 is 4.72 Å². The summed E-state index contributed by atoms with van der Waals surface area (Å²) in [6.07, 6.45) is 2.61. The molecule has 0 spiro atoms. The average molecular weight is 348 g/mol. The van der Waals surface area contributed by atoms with Crippen LogP contribution in [0.3, 0.4) is 0 Å². The van der Waals surface area contributed by atoms with Crippen LogP contribution in [0.4, 0.5) is 0 Å². The van der Waals surface area contributed by atoms with Gasteiger partial charge in [-0.2, -0.15) is 0 Å². The van der Waals surface area contributed by atoms with E-state index in [1.807, 2.05) is 6.92 Å². The fraction of sp³-hybridized carbons (Fsp3) is 0.538. The minimum absolute atomic E-state index is 0.0288. The predicted octanol–water partition coefficient (Wildman–Crippen LogP) is 2.20. The van der Waals surface area contributed by atoms with E-state index < -0.39 is 10.0 Å². The Morgan fingerprint density at radius 3 is 2.63 bits per heavy atom. The number of sulfonamides is 1. The molecule has 0 radical (unpaired) electrons. The number of hydrogen-bond acceptors (Lipinski definition) is 3. The summed E-state index contributed by atoms with van der Waals surface area (Å²) in [7, 11) is -3.50. The van der Waals surface area contributed by atoms with Gasteiger partial charge in [0, 0.05) is 17.6 Å². The topological polar surface area (TPSA) is 66.4 Å². The van der Waals surface area contributed by atoms with Gasteiger partial charge in [-0.1, -0.05) is 6.07 Å². The van der Waals surface area contributed by atoms with E-state index in [4.69, 9.17) is 5.11 Å². The number of hydrogen-bond donors (Lipinski definition) is 2. The molecule has 0 amide bonds. The molecule has 0 aromatic heterocycles. The zero-order chi connectivity index (χ0) is 14.1. The van der Waals surface area contributed by atoms with Crippen LogP contribution in [-0.2, 0) is 10.0 Å². The molecule has 19 heavy (non-hydrogen) atoms. The molecule has 4 nitrogen and oxygen atoms in total. The molecule has 1 aliphatic carbocycles. The van der Waals surface area contributed by atoms with E-state index in [0.717, 1.165) is 18.4 Å². The van der Waals surface area contributed by atoms with Gasteiger partial charge in [-0.3, -0.25) is 0 Å². The highest BCUT2D eigenvalue weighted by molar-refractivity contribution is 9.10.